The third-order valence-electron chi connectivity index (χ3n) is 2.97. The smallest absolute Gasteiger partial charge is 0.278 e. The normalized spacial score (nSPS) is 10.8. The highest BCUT2D eigenvalue weighted by molar-refractivity contribution is 6.06. The van der Waals surface area contributed by atoms with E-state index in [2.05, 4.69) is 15.5 Å². The fourth-order valence-electron chi connectivity index (χ4n) is 1.84. The number of anilines is 2. The van der Waals surface area contributed by atoms with Crippen LogP contribution in [0.5, 0.6) is 0 Å². The van der Waals surface area contributed by atoms with E-state index in [4.69, 9.17) is 5.73 Å². The molecule has 0 aliphatic carbocycles. The van der Waals surface area contributed by atoms with Gasteiger partial charge in [-0.25, -0.2) is 0 Å². The predicted molar refractivity (Wildman–Crippen MR) is 76.7 cm³/mol. The molecule has 7 nitrogen and oxygen atoms in total. The molecule has 0 spiro atoms. The summed E-state index contributed by atoms with van der Waals surface area (Å²) in [6, 6.07) is 2.91. The van der Waals surface area contributed by atoms with Crippen LogP contribution in [0.3, 0.4) is 0 Å². The molecule has 0 aliphatic rings. The van der Waals surface area contributed by atoms with Gasteiger partial charge in [-0.2, -0.15) is 5.10 Å². The maximum absolute atomic E-state index is 12.1. The quantitative estimate of drug-likeness (QED) is 0.778. The lowest BCUT2D eigenvalue weighted by Crippen LogP contribution is -2.18. The number of hydrogen-bond donors (Lipinski definition) is 3. The summed E-state index contributed by atoms with van der Waals surface area (Å²) in [5, 5.41) is 9.37. The molecular weight excluding hydrogens is 258 g/mol. The van der Waals surface area contributed by atoms with Gasteiger partial charge in [0.25, 0.3) is 5.91 Å². The molecule has 0 aliphatic heterocycles. The van der Waals surface area contributed by atoms with Crippen molar-refractivity contribution in [2.45, 2.75) is 19.8 Å². The summed E-state index contributed by atoms with van der Waals surface area (Å²) >= 11 is 0. The lowest BCUT2D eigenvalue weighted by Gasteiger charge is -2.06. The van der Waals surface area contributed by atoms with Crippen LogP contribution in [0.4, 0.5) is 11.4 Å². The Hall–Kier alpha value is -2.57. The number of pyridine rings is 1. The molecule has 0 bridgehead atoms. The zero-order valence-electron chi connectivity index (χ0n) is 11.6. The average molecular weight is 275 g/mol. The van der Waals surface area contributed by atoms with Crippen LogP contribution in [0.25, 0.3) is 0 Å². The third-order valence-corrected chi connectivity index (χ3v) is 2.97. The number of aryl methyl sites for hydroxylation is 1. The molecule has 2 aromatic rings. The number of hydrogen-bond acceptors (Lipinski definition) is 4. The van der Waals surface area contributed by atoms with Crippen molar-refractivity contribution >= 4 is 17.3 Å². The molecule has 20 heavy (non-hydrogen) atoms. The number of nitrogens with two attached hydrogens (primary N) is 1. The summed E-state index contributed by atoms with van der Waals surface area (Å²) in [6.07, 6.45) is 1.53. The van der Waals surface area contributed by atoms with E-state index in [9.17, 15) is 9.59 Å². The summed E-state index contributed by atoms with van der Waals surface area (Å²) < 4.78 is 1.38. The van der Waals surface area contributed by atoms with Crippen molar-refractivity contribution < 1.29 is 4.79 Å². The first-order chi connectivity index (χ1) is 9.40. The summed E-state index contributed by atoms with van der Waals surface area (Å²) in [6.45, 7) is 3.91. The van der Waals surface area contributed by atoms with E-state index in [1.165, 1.54) is 22.9 Å². The summed E-state index contributed by atoms with van der Waals surface area (Å²) in [5.41, 5.74) is 7.50. The standard InChI is InChI=1S/C13H17N5O2/c1-7(2)11-10(14)12(17-16-11)13(20)15-8-4-5-9(19)18(3)6-8/h4-7H,14H2,1-3H3,(H,15,20)(H,16,17). The molecule has 0 saturated heterocycles. The van der Waals surface area contributed by atoms with Gasteiger partial charge < -0.3 is 15.6 Å². The first-order valence-corrected chi connectivity index (χ1v) is 6.22. The Morgan fingerprint density at radius 1 is 1.45 bits per heavy atom. The van der Waals surface area contributed by atoms with Crippen molar-refractivity contribution in [3.8, 4) is 0 Å². The second kappa shape index (κ2) is 5.20. The third kappa shape index (κ3) is 2.56. The van der Waals surface area contributed by atoms with Crippen LogP contribution >= 0.6 is 0 Å². The molecule has 0 unspecified atom stereocenters. The number of nitrogens with zero attached hydrogens (tertiary/aromatic N) is 2. The van der Waals surface area contributed by atoms with Crippen molar-refractivity contribution in [1.29, 1.82) is 0 Å². The first-order valence-electron chi connectivity index (χ1n) is 6.22. The maximum atomic E-state index is 12.1. The second-order valence-corrected chi connectivity index (χ2v) is 4.88. The predicted octanol–water partition coefficient (Wildman–Crippen LogP) is 1.07. The molecule has 0 aromatic carbocycles. The molecule has 0 fully saturated rings. The van der Waals surface area contributed by atoms with Crippen LogP contribution in [0, 0.1) is 0 Å². The summed E-state index contributed by atoms with van der Waals surface area (Å²) in [4.78, 5) is 23.4. The molecule has 7 heteroatoms. The lowest BCUT2D eigenvalue weighted by atomic mass is 10.1. The number of aromatic nitrogens is 3. The van der Waals surface area contributed by atoms with Crippen molar-refractivity contribution in [3.05, 3.63) is 40.1 Å². The van der Waals surface area contributed by atoms with Gasteiger partial charge in [0, 0.05) is 19.3 Å². The average Bonchev–Trinajstić information content (AvgIpc) is 2.76. The molecule has 1 amide bonds. The minimum atomic E-state index is -0.413. The van der Waals surface area contributed by atoms with E-state index >= 15 is 0 Å². The number of carbonyl (C=O) groups is 1. The highest BCUT2D eigenvalue weighted by Crippen LogP contribution is 2.22. The van der Waals surface area contributed by atoms with E-state index in [0.29, 0.717) is 11.4 Å². The van der Waals surface area contributed by atoms with Crippen molar-refractivity contribution in [3.63, 3.8) is 0 Å². The van der Waals surface area contributed by atoms with Gasteiger partial charge in [-0.1, -0.05) is 13.8 Å². The Kier molecular flexibility index (Phi) is 3.60. The number of nitrogen functional groups attached to an aromatic ring is 1. The molecular formula is C13H17N5O2. The molecule has 106 valence electrons. The Morgan fingerprint density at radius 3 is 2.70 bits per heavy atom. The highest BCUT2D eigenvalue weighted by atomic mass is 16.2. The fourth-order valence-corrected chi connectivity index (χ4v) is 1.84. The van der Waals surface area contributed by atoms with Crippen LogP contribution in [-0.2, 0) is 7.05 Å². The van der Waals surface area contributed by atoms with Gasteiger partial charge in [0.2, 0.25) is 5.56 Å². The first kappa shape index (κ1) is 13.9. The fraction of sp³-hybridized carbons (Fsp3) is 0.308. The Morgan fingerprint density at radius 2 is 2.15 bits per heavy atom. The van der Waals surface area contributed by atoms with Gasteiger partial charge in [0.05, 0.1) is 17.1 Å². The van der Waals surface area contributed by atoms with Gasteiger partial charge in [-0.15, -0.1) is 0 Å². The van der Waals surface area contributed by atoms with Crippen LogP contribution in [0.15, 0.2) is 23.1 Å². The molecule has 0 atom stereocenters. The Balaban J connectivity index is 2.24. The molecule has 4 N–H and O–H groups in total. The van der Waals surface area contributed by atoms with E-state index < -0.39 is 5.91 Å². The van der Waals surface area contributed by atoms with E-state index in [1.807, 2.05) is 13.8 Å². The summed E-state index contributed by atoms with van der Waals surface area (Å²) in [7, 11) is 1.61. The van der Waals surface area contributed by atoms with E-state index in [-0.39, 0.29) is 17.2 Å². The van der Waals surface area contributed by atoms with E-state index in [1.54, 1.807) is 7.05 Å². The highest BCUT2D eigenvalue weighted by Gasteiger charge is 2.19. The van der Waals surface area contributed by atoms with Crippen LogP contribution < -0.4 is 16.6 Å². The maximum Gasteiger partial charge on any atom is 0.278 e. The largest absolute Gasteiger partial charge is 0.395 e. The number of carbonyl (C=O) groups excluding carboxylic acids is 1. The number of aromatic amines is 1. The van der Waals surface area contributed by atoms with Gasteiger partial charge in [-0.05, 0) is 12.0 Å². The topological polar surface area (TPSA) is 106 Å². The Bertz CT molecular complexity index is 699. The van der Waals surface area contributed by atoms with Gasteiger partial charge in [0.1, 0.15) is 0 Å². The van der Waals surface area contributed by atoms with Crippen LogP contribution in [0.2, 0.25) is 0 Å². The monoisotopic (exact) mass is 275 g/mol. The molecule has 2 aromatic heterocycles. The van der Waals surface area contributed by atoms with Gasteiger partial charge in [0.15, 0.2) is 5.69 Å². The zero-order valence-corrected chi connectivity index (χ0v) is 11.6. The zero-order chi connectivity index (χ0) is 14.9. The lowest BCUT2D eigenvalue weighted by molar-refractivity contribution is 0.102. The SMILES string of the molecule is CC(C)c1[nH]nc(C(=O)Nc2ccc(=O)n(C)c2)c1N. The molecule has 2 rings (SSSR count). The van der Waals surface area contributed by atoms with Crippen LogP contribution in [-0.4, -0.2) is 20.7 Å². The minimum Gasteiger partial charge on any atom is -0.395 e. The van der Waals surface area contributed by atoms with Crippen LogP contribution in [0.1, 0.15) is 35.9 Å². The van der Waals surface area contributed by atoms with Gasteiger partial charge >= 0.3 is 0 Å². The van der Waals surface area contributed by atoms with Crippen molar-refractivity contribution in [1.82, 2.24) is 14.8 Å². The Labute approximate surface area is 115 Å². The van der Waals surface area contributed by atoms with Crippen molar-refractivity contribution in [2.75, 3.05) is 11.1 Å². The van der Waals surface area contributed by atoms with Gasteiger partial charge in [-0.3, -0.25) is 14.7 Å². The summed E-state index contributed by atoms with van der Waals surface area (Å²) in [5.74, 6) is -0.258. The number of amides is 1. The number of rotatable bonds is 3. The molecule has 2 heterocycles. The van der Waals surface area contributed by atoms with E-state index in [0.717, 1.165) is 5.69 Å². The number of nitrogens with one attached hydrogen (secondary N) is 2. The number of H-pyrrole nitrogens is 1. The molecule has 0 saturated carbocycles. The van der Waals surface area contributed by atoms with Crippen molar-refractivity contribution in [2.24, 2.45) is 7.05 Å². The minimum absolute atomic E-state index is 0.149. The second-order valence-electron chi connectivity index (χ2n) is 4.88. The molecule has 0 radical (unpaired) electrons.